The lowest BCUT2D eigenvalue weighted by atomic mass is 10.2. The molecular weight excluding hydrogens is 777 g/mol. The van der Waals surface area contributed by atoms with Gasteiger partial charge in [-0.1, -0.05) is 18.2 Å². The van der Waals surface area contributed by atoms with Crippen LogP contribution in [0, 0.1) is 56.3 Å². The van der Waals surface area contributed by atoms with Gasteiger partial charge in [0, 0.05) is 56.4 Å². The number of carbonyl (C=O) groups excluding carboxylic acids is 1. The summed E-state index contributed by atoms with van der Waals surface area (Å²) in [6, 6.07) is 12.2. The third-order valence-corrected chi connectivity index (χ3v) is 13.0. The number of aliphatic hydroxyl groups is 1. The van der Waals surface area contributed by atoms with E-state index in [2.05, 4.69) is 57.2 Å². The van der Waals surface area contributed by atoms with Crippen molar-refractivity contribution in [2.24, 2.45) is 35.5 Å². The van der Waals surface area contributed by atoms with Crippen LogP contribution in [-0.2, 0) is 24.4 Å². The van der Waals surface area contributed by atoms with Crippen LogP contribution in [0.5, 0.6) is 0 Å². The summed E-state index contributed by atoms with van der Waals surface area (Å²) in [4.78, 5) is 46.4. The molecule has 61 heavy (non-hydrogen) atoms. The van der Waals surface area contributed by atoms with Crippen molar-refractivity contribution in [3.05, 3.63) is 94.0 Å². The number of hydrogen-bond donors (Lipinski definition) is 2. The minimum absolute atomic E-state index is 0.0430. The average Bonchev–Trinajstić information content (AvgIpc) is 4.02. The van der Waals surface area contributed by atoms with Crippen LogP contribution < -0.4 is 14.7 Å². The van der Waals surface area contributed by atoms with E-state index in [4.69, 9.17) is 19.9 Å². The molecule has 320 valence electrons. The number of carbonyl (C=O) groups is 2. The van der Waals surface area contributed by atoms with E-state index in [0.29, 0.717) is 19.7 Å². The highest BCUT2D eigenvalue weighted by Gasteiger charge is 2.47. The topological polar surface area (TPSA) is 194 Å². The number of piperidine rings is 3. The van der Waals surface area contributed by atoms with E-state index < -0.39 is 11.9 Å². The third-order valence-electron chi connectivity index (χ3n) is 13.0. The summed E-state index contributed by atoms with van der Waals surface area (Å²) in [5.74, 6) is 7.07. The number of pyridine rings is 3. The first-order valence-electron chi connectivity index (χ1n) is 21.5. The molecule has 6 unspecified atom stereocenters. The number of hydrogen-bond acceptors (Lipinski definition) is 14. The summed E-state index contributed by atoms with van der Waals surface area (Å²) in [6.07, 6.45) is 6.89. The van der Waals surface area contributed by atoms with Crippen molar-refractivity contribution >= 4 is 29.4 Å². The lowest BCUT2D eigenvalue weighted by Gasteiger charge is -2.20. The number of carboxylic acid groups (broad SMARTS) is 1. The third kappa shape index (κ3) is 9.21. The molecule has 6 aliphatic rings. The molecule has 11 rings (SSSR count). The van der Waals surface area contributed by atoms with Crippen molar-refractivity contribution in [1.82, 2.24) is 44.9 Å². The molecule has 3 aliphatic carbocycles. The maximum atomic E-state index is 11.6. The Balaban J connectivity index is 0.000000120. The first-order chi connectivity index (χ1) is 29.5. The SMILES string of the molecule is CCOC(=O)c1cnn(Cc2ccc(N3CC4CC4C3)nc2C)n1.Cc1nc(N2CC3CC3C2)ccc1CO.Cc1nc(N2CC3CC3C2)ccc1Cn1ncc(C(=O)O)n1. The first kappa shape index (κ1) is 40.4. The van der Waals surface area contributed by atoms with Gasteiger partial charge in [0.1, 0.15) is 17.5 Å². The summed E-state index contributed by atoms with van der Waals surface area (Å²) in [6.45, 7) is 15.9. The fourth-order valence-electron chi connectivity index (χ4n) is 8.96. The zero-order valence-electron chi connectivity index (χ0n) is 35.3. The number of aromatic carboxylic acids is 1. The van der Waals surface area contributed by atoms with Crippen molar-refractivity contribution < 1.29 is 24.5 Å². The van der Waals surface area contributed by atoms with E-state index >= 15 is 0 Å². The van der Waals surface area contributed by atoms with Gasteiger partial charge in [0.05, 0.1) is 38.7 Å². The predicted molar refractivity (Wildman–Crippen MR) is 225 cm³/mol. The molecule has 17 heteroatoms. The molecule has 5 aromatic rings. The van der Waals surface area contributed by atoms with E-state index in [0.717, 1.165) is 113 Å². The molecule has 0 bridgehead atoms. The normalized spacial score (nSPS) is 23.6. The molecule has 3 aliphatic heterocycles. The number of aromatic nitrogens is 9. The molecular formula is C44H54N12O5. The van der Waals surface area contributed by atoms with Crippen LogP contribution >= 0.6 is 0 Å². The number of ether oxygens (including phenoxy) is 1. The molecule has 17 nitrogen and oxygen atoms in total. The Kier molecular flexibility index (Phi) is 11.2. The van der Waals surface area contributed by atoms with Gasteiger partial charge < -0.3 is 29.6 Å². The fourth-order valence-corrected chi connectivity index (χ4v) is 8.96. The second-order valence-electron chi connectivity index (χ2n) is 17.4. The van der Waals surface area contributed by atoms with Crippen LogP contribution in [-0.4, -0.2) is 113 Å². The zero-order valence-corrected chi connectivity index (χ0v) is 35.3. The number of esters is 1. The molecule has 2 N–H and O–H groups in total. The lowest BCUT2D eigenvalue weighted by molar-refractivity contribution is 0.0518. The number of nitrogens with zero attached hydrogens (tertiary/aromatic N) is 12. The number of carboxylic acids is 1. The smallest absolute Gasteiger partial charge is 0.360 e. The maximum Gasteiger partial charge on any atom is 0.360 e. The number of rotatable bonds is 11. The number of fused-ring (bicyclic) bond motifs is 3. The van der Waals surface area contributed by atoms with Crippen molar-refractivity contribution in [3.8, 4) is 0 Å². The largest absolute Gasteiger partial charge is 0.476 e. The first-order valence-corrected chi connectivity index (χ1v) is 21.5. The minimum Gasteiger partial charge on any atom is -0.476 e. The minimum atomic E-state index is -1.07. The van der Waals surface area contributed by atoms with E-state index in [1.165, 1.54) is 54.3 Å². The van der Waals surface area contributed by atoms with Crippen molar-refractivity contribution in [2.75, 3.05) is 60.6 Å². The van der Waals surface area contributed by atoms with Crippen LogP contribution in [0.2, 0.25) is 0 Å². The molecule has 0 amide bonds. The molecule has 6 fully saturated rings. The summed E-state index contributed by atoms with van der Waals surface area (Å²) < 4.78 is 4.93. The van der Waals surface area contributed by atoms with E-state index in [9.17, 15) is 9.59 Å². The monoisotopic (exact) mass is 830 g/mol. The van der Waals surface area contributed by atoms with E-state index in [-0.39, 0.29) is 18.0 Å². The molecule has 3 saturated heterocycles. The van der Waals surface area contributed by atoms with Crippen LogP contribution in [0.3, 0.4) is 0 Å². The van der Waals surface area contributed by atoms with E-state index in [1.807, 2.05) is 45.0 Å². The standard InChI is InChI=1S/C17H21N5O2.C15H17N5O2.C12H16N2O/c1-3-24-17(23)15-7-18-22(20-15)10-12-4-5-16(19-11(12)2)21-8-13-6-14(13)9-21;1-9-10(8-20-16-5-13(18-20)15(21)22)2-3-14(17-9)19-6-11-4-12(11)7-19;1-8-9(7-15)2-3-12(13-8)14-5-10-4-11(10)6-14/h4-5,7,13-14H,3,6,8-10H2,1-2H3;2-3,5,11-12H,4,6-8H2,1H3,(H,21,22);2-3,10-11,15H,4-7H2,1H3. The van der Waals surface area contributed by atoms with Crippen molar-refractivity contribution in [1.29, 1.82) is 0 Å². The Labute approximate surface area is 354 Å². The Morgan fingerprint density at radius 2 is 0.984 bits per heavy atom. The number of aliphatic hydroxyl groups excluding tert-OH is 1. The van der Waals surface area contributed by atoms with Gasteiger partial charge in [0.25, 0.3) is 0 Å². The molecule has 5 aromatic heterocycles. The Hall–Kier alpha value is -5.97. The van der Waals surface area contributed by atoms with Gasteiger partial charge in [-0.05, 0) is 117 Å². The summed E-state index contributed by atoms with van der Waals surface area (Å²) in [5.41, 5.74) is 6.04. The van der Waals surface area contributed by atoms with Crippen molar-refractivity contribution in [2.45, 2.75) is 66.7 Å². The summed E-state index contributed by atoms with van der Waals surface area (Å²) in [7, 11) is 0. The Morgan fingerprint density at radius 1 is 0.607 bits per heavy atom. The predicted octanol–water partition coefficient (Wildman–Crippen LogP) is 4.19. The van der Waals surface area contributed by atoms with Crippen LogP contribution in [0.25, 0.3) is 0 Å². The van der Waals surface area contributed by atoms with Gasteiger partial charge in [-0.15, -0.1) is 10.2 Å². The Morgan fingerprint density at radius 3 is 1.33 bits per heavy atom. The molecule has 8 heterocycles. The van der Waals surface area contributed by atoms with Crippen molar-refractivity contribution in [3.63, 3.8) is 0 Å². The van der Waals surface area contributed by atoms with Gasteiger partial charge in [-0.3, -0.25) is 0 Å². The van der Waals surface area contributed by atoms with Crippen LogP contribution in [0.15, 0.2) is 48.8 Å². The van der Waals surface area contributed by atoms with E-state index in [1.54, 1.807) is 6.92 Å². The highest BCUT2D eigenvalue weighted by atomic mass is 16.5. The average molecular weight is 831 g/mol. The maximum absolute atomic E-state index is 11.6. The van der Waals surface area contributed by atoms with Gasteiger partial charge in [-0.2, -0.15) is 19.8 Å². The fraction of sp³-hybridized carbons (Fsp3) is 0.523. The summed E-state index contributed by atoms with van der Waals surface area (Å²) in [5, 5.41) is 34.2. The molecule has 0 radical (unpaired) electrons. The Bertz CT molecular complexity index is 2390. The molecule has 3 saturated carbocycles. The second-order valence-corrected chi connectivity index (χ2v) is 17.4. The zero-order chi connectivity index (χ0) is 42.4. The second kappa shape index (κ2) is 16.8. The van der Waals surface area contributed by atoms with Gasteiger partial charge in [-0.25, -0.2) is 24.5 Å². The molecule has 0 aromatic carbocycles. The van der Waals surface area contributed by atoms with Gasteiger partial charge >= 0.3 is 11.9 Å². The van der Waals surface area contributed by atoms with Gasteiger partial charge in [0.2, 0.25) is 0 Å². The number of anilines is 3. The van der Waals surface area contributed by atoms with Crippen LogP contribution in [0.1, 0.15) is 80.9 Å². The van der Waals surface area contributed by atoms with Gasteiger partial charge in [0.15, 0.2) is 11.4 Å². The number of aryl methyl sites for hydroxylation is 3. The highest BCUT2D eigenvalue weighted by molar-refractivity contribution is 5.86. The van der Waals surface area contributed by atoms with Crippen LogP contribution in [0.4, 0.5) is 17.5 Å². The molecule has 6 atom stereocenters. The highest BCUT2D eigenvalue weighted by Crippen LogP contribution is 2.47. The lowest BCUT2D eigenvalue weighted by Crippen LogP contribution is -2.23. The quantitative estimate of drug-likeness (QED) is 0.180. The molecule has 0 spiro atoms. The summed E-state index contributed by atoms with van der Waals surface area (Å²) >= 11 is 0.